The van der Waals surface area contributed by atoms with Gasteiger partial charge in [-0.1, -0.05) is 32.0 Å². The average Bonchev–Trinajstić information content (AvgIpc) is 2.42. The van der Waals surface area contributed by atoms with Crippen LogP contribution in [0.15, 0.2) is 24.3 Å². The number of benzene rings is 1. The Kier molecular flexibility index (Phi) is 3.02. The van der Waals surface area contributed by atoms with Gasteiger partial charge in [0.05, 0.1) is 18.3 Å². The normalized spacial score (nSPS) is 35.6. The molecule has 1 atom stereocenters. The number of nitrogens with zero attached hydrogens (tertiary/aromatic N) is 1. The minimum absolute atomic E-state index is 0.499. The first-order valence-corrected chi connectivity index (χ1v) is 7.38. The number of hydrogen-bond acceptors (Lipinski definition) is 3. The van der Waals surface area contributed by atoms with Crippen LogP contribution >= 0.6 is 0 Å². The van der Waals surface area contributed by atoms with Crippen molar-refractivity contribution in [1.29, 1.82) is 5.26 Å². The van der Waals surface area contributed by atoms with Gasteiger partial charge in [-0.2, -0.15) is 5.26 Å². The molecule has 0 aromatic heterocycles. The fraction of sp³-hybridized carbons (Fsp3) is 0.588. The molecule has 0 amide bonds. The van der Waals surface area contributed by atoms with Crippen LogP contribution in [-0.2, 0) is 5.41 Å². The predicted octanol–water partition coefficient (Wildman–Crippen LogP) is 3.03. The van der Waals surface area contributed by atoms with E-state index in [2.05, 4.69) is 19.9 Å². The number of fused-ring (bicyclic) bond motifs is 1. The number of rotatable bonds is 2. The molecule has 1 aromatic rings. The lowest BCUT2D eigenvalue weighted by Crippen LogP contribution is -2.61. The first kappa shape index (κ1) is 13.5. The highest BCUT2D eigenvalue weighted by atomic mass is 16.5. The minimum Gasteiger partial charge on any atom is -0.493 e. The fourth-order valence-electron chi connectivity index (χ4n) is 3.72. The van der Waals surface area contributed by atoms with Gasteiger partial charge in [-0.3, -0.25) is 0 Å². The first-order valence-electron chi connectivity index (χ1n) is 7.38. The molecule has 1 heterocycles. The molecule has 1 aliphatic carbocycles. The number of nitriles is 1. The summed E-state index contributed by atoms with van der Waals surface area (Å²) in [4.78, 5) is 0. The third-order valence-electron chi connectivity index (χ3n) is 5.21. The van der Waals surface area contributed by atoms with Crippen molar-refractivity contribution < 1.29 is 9.84 Å². The van der Waals surface area contributed by atoms with Crippen LogP contribution in [0.25, 0.3) is 0 Å². The summed E-state index contributed by atoms with van der Waals surface area (Å²) in [5.41, 5.74) is -0.859. The lowest BCUT2D eigenvalue weighted by Gasteiger charge is -2.55. The molecule has 0 radical (unpaired) electrons. The largest absolute Gasteiger partial charge is 0.493 e. The summed E-state index contributed by atoms with van der Waals surface area (Å²) in [7, 11) is 0. The molecular weight excluding hydrogens is 250 g/mol. The molecule has 1 N–H and O–H groups in total. The van der Waals surface area contributed by atoms with E-state index in [0.29, 0.717) is 37.7 Å². The summed E-state index contributed by atoms with van der Waals surface area (Å²) < 4.78 is 5.66. The van der Waals surface area contributed by atoms with Crippen LogP contribution < -0.4 is 4.74 Å². The standard InChI is InChI=1S/C17H21NO2/c1-12(2)13-9-17(19,10-13)16(11-18)7-8-20-15-6-4-3-5-14(15)16/h3-6,12-13,19H,7-10H2,1-2H3. The molecule has 1 fully saturated rings. The van der Waals surface area contributed by atoms with E-state index < -0.39 is 11.0 Å². The van der Waals surface area contributed by atoms with Crippen LogP contribution in [-0.4, -0.2) is 17.3 Å². The van der Waals surface area contributed by atoms with E-state index in [1.807, 2.05) is 24.3 Å². The lowest BCUT2D eigenvalue weighted by molar-refractivity contribution is -0.135. The summed E-state index contributed by atoms with van der Waals surface area (Å²) >= 11 is 0. The maximum atomic E-state index is 11.1. The van der Waals surface area contributed by atoms with Gasteiger partial charge < -0.3 is 9.84 Å². The Morgan fingerprint density at radius 3 is 2.70 bits per heavy atom. The Morgan fingerprint density at radius 2 is 2.05 bits per heavy atom. The van der Waals surface area contributed by atoms with Crippen molar-refractivity contribution in [3.05, 3.63) is 29.8 Å². The zero-order chi connectivity index (χ0) is 14.4. The highest BCUT2D eigenvalue weighted by molar-refractivity contribution is 5.49. The zero-order valence-electron chi connectivity index (χ0n) is 12.1. The average molecular weight is 271 g/mol. The molecule has 1 unspecified atom stereocenters. The number of aliphatic hydroxyl groups is 1. The minimum atomic E-state index is -0.906. The fourth-order valence-corrected chi connectivity index (χ4v) is 3.72. The number of ether oxygens (including phenoxy) is 1. The van der Waals surface area contributed by atoms with Gasteiger partial charge in [-0.25, -0.2) is 0 Å². The van der Waals surface area contributed by atoms with Crippen molar-refractivity contribution in [1.82, 2.24) is 0 Å². The van der Waals surface area contributed by atoms with E-state index in [4.69, 9.17) is 4.74 Å². The first-order chi connectivity index (χ1) is 9.52. The molecule has 3 heteroatoms. The van der Waals surface area contributed by atoms with E-state index in [1.165, 1.54) is 0 Å². The molecule has 1 aliphatic heterocycles. The van der Waals surface area contributed by atoms with Gasteiger partial charge in [0.15, 0.2) is 0 Å². The molecule has 2 aliphatic rings. The molecule has 3 nitrogen and oxygen atoms in total. The quantitative estimate of drug-likeness (QED) is 0.899. The molecule has 0 bridgehead atoms. The molecule has 0 saturated heterocycles. The van der Waals surface area contributed by atoms with E-state index >= 15 is 0 Å². The Labute approximate surface area is 120 Å². The van der Waals surface area contributed by atoms with E-state index in [1.54, 1.807) is 0 Å². The summed E-state index contributed by atoms with van der Waals surface area (Å²) in [6, 6.07) is 10.1. The van der Waals surface area contributed by atoms with Crippen molar-refractivity contribution in [2.75, 3.05) is 6.61 Å². The van der Waals surface area contributed by atoms with Crippen LogP contribution in [0, 0.1) is 23.2 Å². The second-order valence-corrected chi connectivity index (χ2v) is 6.56. The van der Waals surface area contributed by atoms with E-state index in [9.17, 15) is 10.4 Å². The van der Waals surface area contributed by atoms with Crippen LogP contribution in [0.2, 0.25) is 0 Å². The van der Waals surface area contributed by atoms with Gasteiger partial charge >= 0.3 is 0 Å². The van der Waals surface area contributed by atoms with Crippen molar-refractivity contribution >= 4 is 0 Å². The highest BCUT2D eigenvalue weighted by Gasteiger charge is 2.60. The SMILES string of the molecule is CC(C)C1CC(O)(C2(C#N)CCOc3ccccc32)C1. The Morgan fingerprint density at radius 1 is 1.35 bits per heavy atom. The smallest absolute Gasteiger partial charge is 0.124 e. The van der Waals surface area contributed by atoms with Gasteiger partial charge in [0, 0.05) is 12.0 Å². The third kappa shape index (κ3) is 1.68. The number of hydrogen-bond donors (Lipinski definition) is 1. The van der Waals surface area contributed by atoms with Crippen molar-refractivity contribution in [3.8, 4) is 11.8 Å². The Hall–Kier alpha value is -1.53. The highest BCUT2D eigenvalue weighted by Crippen LogP contribution is 2.56. The van der Waals surface area contributed by atoms with Crippen molar-refractivity contribution in [2.45, 2.75) is 44.1 Å². The molecule has 20 heavy (non-hydrogen) atoms. The molecule has 0 spiro atoms. The maximum Gasteiger partial charge on any atom is 0.124 e. The molecule has 106 valence electrons. The van der Waals surface area contributed by atoms with Crippen LogP contribution in [0.1, 0.15) is 38.7 Å². The van der Waals surface area contributed by atoms with Gasteiger partial charge in [-0.15, -0.1) is 0 Å². The summed E-state index contributed by atoms with van der Waals surface area (Å²) in [5, 5.41) is 20.9. The van der Waals surface area contributed by atoms with Gasteiger partial charge in [-0.05, 0) is 30.7 Å². The van der Waals surface area contributed by atoms with Crippen molar-refractivity contribution in [3.63, 3.8) is 0 Å². The topological polar surface area (TPSA) is 53.2 Å². The molecule has 3 rings (SSSR count). The van der Waals surface area contributed by atoms with E-state index in [-0.39, 0.29) is 0 Å². The second kappa shape index (κ2) is 4.49. The van der Waals surface area contributed by atoms with Crippen LogP contribution in [0.5, 0.6) is 5.75 Å². The summed E-state index contributed by atoms with van der Waals surface area (Å²) in [6.07, 6.45) is 2.00. The predicted molar refractivity (Wildman–Crippen MR) is 76.4 cm³/mol. The Bertz CT molecular complexity index is 554. The van der Waals surface area contributed by atoms with Gasteiger partial charge in [0.2, 0.25) is 0 Å². The third-order valence-corrected chi connectivity index (χ3v) is 5.21. The molecule has 1 saturated carbocycles. The number of para-hydroxylation sites is 1. The summed E-state index contributed by atoms with van der Waals surface area (Å²) in [5.74, 6) is 1.82. The van der Waals surface area contributed by atoms with E-state index in [0.717, 1.165) is 11.3 Å². The zero-order valence-corrected chi connectivity index (χ0v) is 12.1. The lowest BCUT2D eigenvalue weighted by atomic mass is 9.52. The maximum absolute atomic E-state index is 11.1. The van der Waals surface area contributed by atoms with Gasteiger partial charge in [0.25, 0.3) is 0 Å². The molecule has 1 aromatic carbocycles. The van der Waals surface area contributed by atoms with Gasteiger partial charge in [0.1, 0.15) is 11.2 Å². The van der Waals surface area contributed by atoms with Crippen LogP contribution in [0.3, 0.4) is 0 Å². The van der Waals surface area contributed by atoms with Crippen molar-refractivity contribution in [2.24, 2.45) is 11.8 Å². The second-order valence-electron chi connectivity index (χ2n) is 6.56. The van der Waals surface area contributed by atoms with Crippen LogP contribution in [0.4, 0.5) is 0 Å². The molecular formula is C17H21NO2. The Balaban J connectivity index is 2.01. The monoisotopic (exact) mass is 271 g/mol. The summed E-state index contributed by atoms with van der Waals surface area (Å²) in [6.45, 7) is 4.86.